The summed E-state index contributed by atoms with van der Waals surface area (Å²) in [5, 5.41) is 1.45. The third kappa shape index (κ3) is 3.03. The van der Waals surface area contributed by atoms with Gasteiger partial charge in [-0.25, -0.2) is 9.97 Å². The number of nitrogens with zero attached hydrogens (tertiary/aromatic N) is 3. The van der Waals surface area contributed by atoms with E-state index in [1.807, 2.05) is 36.4 Å². The Morgan fingerprint density at radius 1 is 1.09 bits per heavy atom. The molecule has 0 atom stereocenters. The summed E-state index contributed by atoms with van der Waals surface area (Å²) in [4.78, 5) is 12.7. The Kier molecular flexibility index (Phi) is 3.96. The molecular formula is C15H11BrClN5. The number of guanidine groups is 1. The molecule has 110 valence electrons. The maximum atomic E-state index is 6.10. The number of aromatic nitrogens is 2. The van der Waals surface area contributed by atoms with E-state index in [4.69, 9.17) is 23.1 Å². The molecule has 5 nitrogen and oxygen atoms in total. The average molecular weight is 377 g/mol. The van der Waals surface area contributed by atoms with Crippen molar-refractivity contribution in [1.29, 1.82) is 0 Å². The Labute approximate surface area is 140 Å². The molecule has 0 radical (unpaired) electrons. The molecule has 3 aromatic rings. The smallest absolute Gasteiger partial charge is 0.253 e. The topological polar surface area (TPSA) is 90.2 Å². The first-order valence-corrected chi connectivity index (χ1v) is 7.53. The molecule has 0 bridgehead atoms. The predicted octanol–water partition coefficient (Wildman–Crippen LogP) is 3.62. The molecule has 0 spiro atoms. The van der Waals surface area contributed by atoms with E-state index in [1.54, 1.807) is 6.07 Å². The first kappa shape index (κ1) is 14.7. The second-order valence-electron chi connectivity index (χ2n) is 4.58. The predicted molar refractivity (Wildman–Crippen MR) is 93.2 cm³/mol. The van der Waals surface area contributed by atoms with Crippen molar-refractivity contribution in [3.8, 4) is 11.3 Å². The standard InChI is InChI=1S/C15H11BrClN5/c16-9-3-1-2-8(6-9)13-11-7-10(17)4-5-12(11)20-15(21-13)22-14(18)19/h1-7H,(H4,18,19,20,21,22). The van der Waals surface area contributed by atoms with Crippen LogP contribution < -0.4 is 11.5 Å². The minimum atomic E-state index is -0.0893. The van der Waals surface area contributed by atoms with Gasteiger partial charge in [0, 0.05) is 20.4 Å². The molecular weight excluding hydrogens is 366 g/mol. The van der Waals surface area contributed by atoms with Crippen LogP contribution in [0.4, 0.5) is 5.95 Å². The molecule has 0 amide bonds. The number of benzene rings is 2. The monoisotopic (exact) mass is 375 g/mol. The lowest BCUT2D eigenvalue weighted by Gasteiger charge is -2.08. The maximum Gasteiger partial charge on any atom is 0.253 e. The number of nitrogens with two attached hydrogens (primary N) is 2. The molecule has 0 saturated heterocycles. The fraction of sp³-hybridized carbons (Fsp3) is 0. The molecule has 0 fully saturated rings. The molecule has 1 aromatic heterocycles. The van der Waals surface area contributed by atoms with Gasteiger partial charge < -0.3 is 11.5 Å². The van der Waals surface area contributed by atoms with Crippen molar-refractivity contribution in [3.63, 3.8) is 0 Å². The molecule has 3 rings (SSSR count). The first-order chi connectivity index (χ1) is 10.5. The largest absolute Gasteiger partial charge is 0.370 e. The third-order valence-electron chi connectivity index (χ3n) is 2.97. The van der Waals surface area contributed by atoms with Gasteiger partial charge in [-0.05, 0) is 30.3 Å². The van der Waals surface area contributed by atoms with Crippen molar-refractivity contribution in [2.45, 2.75) is 0 Å². The van der Waals surface area contributed by atoms with Crippen molar-refractivity contribution < 1.29 is 0 Å². The fourth-order valence-electron chi connectivity index (χ4n) is 2.11. The minimum Gasteiger partial charge on any atom is -0.370 e. The van der Waals surface area contributed by atoms with Gasteiger partial charge in [-0.2, -0.15) is 4.99 Å². The lowest BCUT2D eigenvalue weighted by molar-refractivity contribution is 1.17. The Balaban J connectivity index is 2.34. The number of hydrogen-bond donors (Lipinski definition) is 2. The number of aliphatic imine (C=N–C) groups is 1. The van der Waals surface area contributed by atoms with Crippen LogP contribution in [-0.4, -0.2) is 15.9 Å². The molecule has 0 unspecified atom stereocenters. The van der Waals surface area contributed by atoms with Crippen molar-refractivity contribution in [2.75, 3.05) is 0 Å². The molecule has 0 aliphatic rings. The summed E-state index contributed by atoms with van der Waals surface area (Å²) in [6, 6.07) is 13.2. The number of fused-ring (bicyclic) bond motifs is 1. The highest BCUT2D eigenvalue weighted by Gasteiger charge is 2.11. The van der Waals surface area contributed by atoms with E-state index in [-0.39, 0.29) is 11.9 Å². The van der Waals surface area contributed by atoms with Gasteiger partial charge >= 0.3 is 0 Å². The van der Waals surface area contributed by atoms with Gasteiger partial charge in [0.2, 0.25) is 0 Å². The molecule has 2 aromatic carbocycles. The molecule has 0 aliphatic heterocycles. The van der Waals surface area contributed by atoms with Gasteiger partial charge in [-0.1, -0.05) is 39.7 Å². The van der Waals surface area contributed by atoms with Gasteiger partial charge in [0.25, 0.3) is 5.95 Å². The van der Waals surface area contributed by atoms with Crippen LogP contribution in [0.25, 0.3) is 22.2 Å². The van der Waals surface area contributed by atoms with Gasteiger partial charge in [0.15, 0.2) is 5.96 Å². The highest BCUT2D eigenvalue weighted by Crippen LogP contribution is 2.31. The molecule has 1 heterocycles. The number of rotatable bonds is 2. The van der Waals surface area contributed by atoms with Gasteiger partial charge in [-0.15, -0.1) is 0 Å². The third-order valence-corrected chi connectivity index (χ3v) is 3.70. The van der Waals surface area contributed by atoms with Crippen LogP contribution in [0.5, 0.6) is 0 Å². The summed E-state index contributed by atoms with van der Waals surface area (Å²) < 4.78 is 0.946. The highest BCUT2D eigenvalue weighted by molar-refractivity contribution is 9.10. The Bertz CT molecular complexity index is 890. The Morgan fingerprint density at radius 3 is 2.64 bits per heavy atom. The summed E-state index contributed by atoms with van der Waals surface area (Å²) >= 11 is 9.56. The lowest BCUT2D eigenvalue weighted by Crippen LogP contribution is -2.22. The van der Waals surface area contributed by atoms with E-state index < -0.39 is 0 Å². The van der Waals surface area contributed by atoms with E-state index in [1.165, 1.54) is 0 Å². The van der Waals surface area contributed by atoms with Crippen molar-refractivity contribution >= 4 is 50.3 Å². The van der Waals surface area contributed by atoms with E-state index in [0.29, 0.717) is 10.7 Å². The lowest BCUT2D eigenvalue weighted by atomic mass is 10.1. The van der Waals surface area contributed by atoms with Crippen LogP contribution in [0.1, 0.15) is 0 Å². The van der Waals surface area contributed by atoms with Crippen molar-refractivity contribution in [1.82, 2.24) is 9.97 Å². The molecule has 22 heavy (non-hydrogen) atoms. The van der Waals surface area contributed by atoms with Crippen LogP contribution in [0.2, 0.25) is 5.02 Å². The SMILES string of the molecule is NC(N)=Nc1nc(-c2cccc(Br)c2)c2cc(Cl)ccc2n1. The summed E-state index contributed by atoms with van der Waals surface area (Å²) in [5.74, 6) is 0.123. The first-order valence-electron chi connectivity index (χ1n) is 6.36. The van der Waals surface area contributed by atoms with Gasteiger partial charge in [0.1, 0.15) is 0 Å². The maximum absolute atomic E-state index is 6.10. The van der Waals surface area contributed by atoms with E-state index >= 15 is 0 Å². The Hall–Kier alpha value is -2.18. The number of halogens is 2. The molecule has 4 N–H and O–H groups in total. The summed E-state index contributed by atoms with van der Waals surface area (Å²) in [6.07, 6.45) is 0. The van der Waals surface area contributed by atoms with Crippen LogP contribution >= 0.6 is 27.5 Å². The summed E-state index contributed by atoms with van der Waals surface area (Å²) in [7, 11) is 0. The summed E-state index contributed by atoms with van der Waals surface area (Å²) in [6.45, 7) is 0. The number of hydrogen-bond acceptors (Lipinski definition) is 3. The summed E-state index contributed by atoms with van der Waals surface area (Å²) in [5.41, 5.74) is 13.2. The average Bonchev–Trinajstić information content (AvgIpc) is 2.46. The quantitative estimate of drug-likeness (QED) is 0.528. The van der Waals surface area contributed by atoms with Gasteiger partial charge in [-0.3, -0.25) is 0 Å². The van der Waals surface area contributed by atoms with E-state index in [9.17, 15) is 0 Å². The van der Waals surface area contributed by atoms with Crippen molar-refractivity contribution in [3.05, 3.63) is 52.0 Å². The Morgan fingerprint density at radius 2 is 1.91 bits per heavy atom. The van der Waals surface area contributed by atoms with E-state index in [0.717, 1.165) is 20.9 Å². The van der Waals surface area contributed by atoms with Crippen LogP contribution in [0.3, 0.4) is 0 Å². The second-order valence-corrected chi connectivity index (χ2v) is 5.93. The van der Waals surface area contributed by atoms with Crippen LogP contribution in [0, 0.1) is 0 Å². The van der Waals surface area contributed by atoms with E-state index in [2.05, 4.69) is 30.9 Å². The molecule has 0 saturated carbocycles. The van der Waals surface area contributed by atoms with Crippen LogP contribution in [-0.2, 0) is 0 Å². The van der Waals surface area contributed by atoms with Crippen molar-refractivity contribution in [2.24, 2.45) is 16.5 Å². The highest BCUT2D eigenvalue weighted by atomic mass is 79.9. The van der Waals surface area contributed by atoms with Gasteiger partial charge in [0.05, 0.1) is 11.2 Å². The molecule has 7 heteroatoms. The zero-order valence-corrected chi connectivity index (χ0v) is 13.6. The fourth-order valence-corrected chi connectivity index (χ4v) is 2.68. The zero-order chi connectivity index (χ0) is 15.7. The van der Waals surface area contributed by atoms with Crippen LogP contribution in [0.15, 0.2) is 51.9 Å². The normalized spacial score (nSPS) is 10.6. The minimum absolute atomic E-state index is 0.0893. The zero-order valence-electron chi connectivity index (χ0n) is 11.3. The second kappa shape index (κ2) is 5.90. The molecule has 0 aliphatic carbocycles.